The maximum Gasteiger partial charge on any atom is 0.270 e. The molecule has 1 rings (SSSR count). The standard InChI is InChI=1S/C9H11N3/c1-7(12-11)6-8-2-4-9(10)5-3-8/h2-5H,6,10H2,1H3. The number of hydrogen-bond donors (Lipinski definition) is 1. The summed E-state index contributed by atoms with van der Waals surface area (Å²) in [6, 6.07) is 7.51. The van der Waals surface area contributed by atoms with Gasteiger partial charge in [0.2, 0.25) is 0 Å². The Balaban J connectivity index is 2.78. The molecule has 0 saturated carbocycles. The van der Waals surface area contributed by atoms with Crippen molar-refractivity contribution in [1.29, 1.82) is 0 Å². The van der Waals surface area contributed by atoms with Crippen molar-refractivity contribution in [2.75, 3.05) is 5.73 Å². The molecule has 0 aromatic heterocycles. The van der Waals surface area contributed by atoms with E-state index in [2.05, 4.69) is 4.79 Å². The fourth-order valence-electron chi connectivity index (χ4n) is 0.966. The van der Waals surface area contributed by atoms with E-state index in [1.165, 1.54) is 0 Å². The van der Waals surface area contributed by atoms with Gasteiger partial charge in [0.1, 0.15) is 0 Å². The molecule has 3 nitrogen and oxygen atoms in total. The molecule has 0 atom stereocenters. The molecular formula is C9H11N3. The van der Waals surface area contributed by atoms with Gasteiger partial charge in [-0.25, -0.2) is 0 Å². The topological polar surface area (TPSA) is 62.4 Å². The third-order valence-corrected chi connectivity index (χ3v) is 1.61. The van der Waals surface area contributed by atoms with Gasteiger partial charge in [-0.05, 0) is 17.7 Å². The average molecular weight is 161 g/mol. The minimum atomic E-state index is 0.663. The normalized spacial score (nSPS) is 9.08. The first-order chi connectivity index (χ1) is 5.72. The molecule has 0 aliphatic heterocycles. The molecule has 1 aromatic rings. The predicted molar refractivity (Wildman–Crippen MR) is 48.9 cm³/mol. The van der Waals surface area contributed by atoms with Crippen LogP contribution in [0.15, 0.2) is 24.3 Å². The lowest BCUT2D eigenvalue weighted by atomic mass is 10.1. The van der Waals surface area contributed by atoms with Crippen molar-refractivity contribution < 1.29 is 4.79 Å². The Hall–Kier alpha value is -1.60. The molecule has 0 amide bonds. The minimum absolute atomic E-state index is 0.663. The fraction of sp³-hybridized carbons (Fsp3) is 0.222. The molecule has 0 spiro atoms. The van der Waals surface area contributed by atoms with Crippen LogP contribution in [0.1, 0.15) is 12.5 Å². The van der Waals surface area contributed by atoms with Gasteiger partial charge in [-0.3, -0.25) is 0 Å². The summed E-state index contributed by atoms with van der Waals surface area (Å²) >= 11 is 0. The largest absolute Gasteiger partial charge is 0.399 e. The van der Waals surface area contributed by atoms with Crippen molar-refractivity contribution in [1.82, 2.24) is 0 Å². The average Bonchev–Trinajstić information content (AvgIpc) is 2.09. The second-order valence-electron chi connectivity index (χ2n) is 2.75. The predicted octanol–water partition coefficient (Wildman–Crippen LogP) is 1.50. The first kappa shape index (κ1) is 8.50. The van der Waals surface area contributed by atoms with Gasteiger partial charge in [0.25, 0.3) is 5.71 Å². The van der Waals surface area contributed by atoms with Crippen molar-refractivity contribution >= 4 is 11.4 Å². The van der Waals surface area contributed by atoms with Crippen LogP contribution in [0.5, 0.6) is 0 Å². The number of hydrogen-bond acceptors (Lipinski definition) is 1. The van der Waals surface area contributed by atoms with Crippen LogP contribution in [0, 0.1) is 0 Å². The lowest BCUT2D eigenvalue weighted by molar-refractivity contribution is -0.00809. The molecule has 0 aliphatic rings. The molecule has 3 heteroatoms. The van der Waals surface area contributed by atoms with Crippen LogP contribution in [0.2, 0.25) is 0 Å². The smallest absolute Gasteiger partial charge is 0.270 e. The number of benzene rings is 1. The number of anilines is 1. The van der Waals surface area contributed by atoms with Crippen LogP contribution in [-0.2, 0) is 6.42 Å². The second-order valence-corrected chi connectivity index (χ2v) is 2.75. The molecule has 1 aromatic carbocycles. The zero-order chi connectivity index (χ0) is 8.97. The maximum absolute atomic E-state index is 8.41. The highest BCUT2D eigenvalue weighted by Gasteiger charge is 2.00. The third kappa shape index (κ3) is 2.22. The summed E-state index contributed by atoms with van der Waals surface area (Å²) in [7, 11) is 0. The summed E-state index contributed by atoms with van der Waals surface area (Å²) in [5.74, 6) is 0. The van der Waals surface area contributed by atoms with E-state index in [1.807, 2.05) is 24.3 Å². The third-order valence-electron chi connectivity index (χ3n) is 1.61. The van der Waals surface area contributed by atoms with Crippen LogP contribution in [0.4, 0.5) is 5.69 Å². The van der Waals surface area contributed by atoms with Gasteiger partial charge in [-0.2, -0.15) is 4.79 Å². The Kier molecular flexibility index (Phi) is 2.62. The molecule has 0 unspecified atom stereocenters. The highest BCUT2D eigenvalue weighted by atomic mass is 14.8. The Morgan fingerprint density at radius 3 is 2.50 bits per heavy atom. The van der Waals surface area contributed by atoms with Gasteiger partial charge >= 0.3 is 0 Å². The fourth-order valence-corrected chi connectivity index (χ4v) is 0.966. The zero-order valence-corrected chi connectivity index (χ0v) is 6.99. The van der Waals surface area contributed by atoms with Crippen molar-refractivity contribution in [3.05, 3.63) is 35.4 Å². The SMILES string of the molecule is CC(Cc1ccc(N)cc1)=[N+]=[N-]. The van der Waals surface area contributed by atoms with E-state index in [4.69, 9.17) is 11.3 Å². The first-order valence-corrected chi connectivity index (χ1v) is 3.74. The van der Waals surface area contributed by atoms with Gasteiger partial charge in [0, 0.05) is 12.6 Å². The Bertz CT molecular complexity index is 307. The Morgan fingerprint density at radius 1 is 1.42 bits per heavy atom. The number of rotatable bonds is 2. The molecule has 0 aliphatic carbocycles. The van der Waals surface area contributed by atoms with Gasteiger partial charge < -0.3 is 11.3 Å². The van der Waals surface area contributed by atoms with E-state index in [1.54, 1.807) is 6.92 Å². The number of nitrogens with zero attached hydrogens (tertiary/aromatic N) is 2. The molecule has 2 N–H and O–H groups in total. The minimum Gasteiger partial charge on any atom is -0.399 e. The van der Waals surface area contributed by atoms with Crippen molar-refractivity contribution in [3.63, 3.8) is 0 Å². The Morgan fingerprint density at radius 2 is 2.00 bits per heavy atom. The van der Waals surface area contributed by atoms with E-state index in [9.17, 15) is 0 Å². The summed E-state index contributed by atoms with van der Waals surface area (Å²) in [5.41, 5.74) is 16.5. The maximum atomic E-state index is 8.41. The van der Waals surface area contributed by atoms with Crippen molar-refractivity contribution in [3.8, 4) is 0 Å². The summed E-state index contributed by atoms with van der Waals surface area (Å²) in [5, 5.41) is 0. The van der Waals surface area contributed by atoms with Gasteiger partial charge in [0.05, 0.1) is 6.42 Å². The summed E-state index contributed by atoms with van der Waals surface area (Å²) in [6.07, 6.45) is 0.663. The zero-order valence-electron chi connectivity index (χ0n) is 6.99. The van der Waals surface area contributed by atoms with Crippen molar-refractivity contribution in [2.45, 2.75) is 13.3 Å². The first-order valence-electron chi connectivity index (χ1n) is 3.74. The monoisotopic (exact) mass is 161 g/mol. The highest BCUT2D eigenvalue weighted by molar-refractivity contribution is 5.78. The number of nitrogen functional groups attached to an aromatic ring is 1. The molecule has 62 valence electrons. The van der Waals surface area contributed by atoms with E-state index in [-0.39, 0.29) is 0 Å². The van der Waals surface area contributed by atoms with Gasteiger partial charge in [-0.15, -0.1) is 0 Å². The lowest BCUT2D eigenvalue weighted by Gasteiger charge is -1.95. The van der Waals surface area contributed by atoms with Gasteiger partial charge in [-0.1, -0.05) is 12.1 Å². The van der Waals surface area contributed by atoms with E-state index >= 15 is 0 Å². The van der Waals surface area contributed by atoms with Crippen LogP contribution in [0.25, 0.3) is 5.53 Å². The molecule has 0 fully saturated rings. The number of nitrogens with two attached hydrogens (primary N) is 1. The van der Waals surface area contributed by atoms with E-state index < -0.39 is 0 Å². The van der Waals surface area contributed by atoms with Crippen molar-refractivity contribution in [2.24, 2.45) is 0 Å². The molecule has 0 saturated heterocycles. The van der Waals surface area contributed by atoms with Crippen LogP contribution in [-0.4, -0.2) is 10.5 Å². The second kappa shape index (κ2) is 3.69. The summed E-state index contributed by atoms with van der Waals surface area (Å²) in [6.45, 7) is 1.77. The molecule has 0 heterocycles. The van der Waals surface area contributed by atoms with Gasteiger partial charge in [0.15, 0.2) is 0 Å². The molecule has 0 bridgehead atoms. The highest BCUT2D eigenvalue weighted by Crippen LogP contribution is 2.05. The van der Waals surface area contributed by atoms with E-state index in [0.717, 1.165) is 11.3 Å². The summed E-state index contributed by atoms with van der Waals surface area (Å²) in [4.78, 5) is 3.09. The lowest BCUT2D eigenvalue weighted by Crippen LogP contribution is -1.98. The molecular weight excluding hydrogens is 150 g/mol. The Labute approximate surface area is 71.4 Å². The quantitative estimate of drug-likeness (QED) is 0.304. The van der Waals surface area contributed by atoms with Crippen LogP contribution in [0.3, 0.4) is 0 Å². The molecule has 0 radical (unpaired) electrons. The summed E-state index contributed by atoms with van der Waals surface area (Å²) < 4.78 is 0. The van der Waals surface area contributed by atoms with Crippen LogP contribution < -0.4 is 5.73 Å². The molecule has 12 heavy (non-hydrogen) atoms. The van der Waals surface area contributed by atoms with E-state index in [0.29, 0.717) is 12.1 Å². The van der Waals surface area contributed by atoms with Crippen LogP contribution >= 0.6 is 0 Å².